The zero-order valence-corrected chi connectivity index (χ0v) is 19.4. The number of rotatable bonds is 4. The summed E-state index contributed by atoms with van der Waals surface area (Å²) >= 11 is 0. The lowest BCUT2D eigenvalue weighted by Gasteiger charge is -2.36. The normalized spacial score (nSPS) is 16.3. The molecule has 1 unspecified atom stereocenters. The van der Waals surface area contributed by atoms with E-state index in [9.17, 15) is 22.4 Å². The third kappa shape index (κ3) is 4.21. The molecule has 2 aromatic carbocycles. The Bertz CT molecular complexity index is 1460. The van der Waals surface area contributed by atoms with Gasteiger partial charge in [0.15, 0.2) is 5.82 Å². The number of hydrogen-bond acceptors (Lipinski definition) is 5. The first kappa shape index (κ1) is 23.6. The summed E-state index contributed by atoms with van der Waals surface area (Å²) in [6.07, 6.45) is -2.93. The van der Waals surface area contributed by atoms with Gasteiger partial charge in [0.25, 0.3) is 0 Å². The Kier molecular flexibility index (Phi) is 5.77. The second-order valence-corrected chi connectivity index (χ2v) is 8.55. The monoisotopic (exact) mass is 498 g/mol. The fraction of sp³-hybridized carbons (Fsp3) is 0.240. The van der Waals surface area contributed by atoms with E-state index in [4.69, 9.17) is 0 Å². The summed E-state index contributed by atoms with van der Waals surface area (Å²) in [6, 6.07) is 11.5. The predicted molar refractivity (Wildman–Crippen MR) is 127 cm³/mol. The van der Waals surface area contributed by atoms with E-state index in [1.165, 1.54) is 12.1 Å². The SMILES string of the molecule is Cc1nc(Nc2cccc(C(F)(F)F)c2F)cc(N2CCNC(=O)C2c2cn(C)c3ccccc23)n1. The number of nitrogens with zero attached hydrogens (tertiary/aromatic N) is 4. The summed E-state index contributed by atoms with van der Waals surface area (Å²) in [7, 11) is 1.90. The van der Waals surface area contributed by atoms with Gasteiger partial charge in [-0.05, 0) is 25.1 Å². The number of fused-ring (bicyclic) bond motifs is 1. The van der Waals surface area contributed by atoms with Gasteiger partial charge in [-0.15, -0.1) is 0 Å². The van der Waals surface area contributed by atoms with Crippen molar-refractivity contribution in [3.63, 3.8) is 0 Å². The van der Waals surface area contributed by atoms with E-state index in [1.54, 1.807) is 6.92 Å². The van der Waals surface area contributed by atoms with Gasteiger partial charge in [0.05, 0.1) is 11.3 Å². The fourth-order valence-electron chi connectivity index (χ4n) is 4.56. The first-order chi connectivity index (χ1) is 17.1. The molecule has 0 radical (unpaired) electrons. The lowest BCUT2D eigenvalue weighted by molar-refractivity contribution is -0.139. The zero-order valence-electron chi connectivity index (χ0n) is 19.4. The fourth-order valence-corrected chi connectivity index (χ4v) is 4.56. The molecule has 1 amide bonds. The Labute approximate surface area is 203 Å². The molecule has 2 aromatic heterocycles. The van der Waals surface area contributed by atoms with Crippen molar-refractivity contribution in [1.82, 2.24) is 19.9 Å². The molecule has 4 aromatic rings. The van der Waals surface area contributed by atoms with Crippen molar-refractivity contribution in [1.29, 1.82) is 0 Å². The van der Waals surface area contributed by atoms with Crippen LogP contribution in [0, 0.1) is 12.7 Å². The quantitative estimate of drug-likeness (QED) is 0.394. The molecule has 0 aliphatic carbocycles. The minimum Gasteiger partial charge on any atom is -0.352 e. The first-order valence-electron chi connectivity index (χ1n) is 11.2. The molecule has 3 heterocycles. The number of carbonyl (C=O) groups excluding carboxylic acids is 1. The van der Waals surface area contributed by atoms with Crippen molar-refractivity contribution in [2.75, 3.05) is 23.3 Å². The number of carbonyl (C=O) groups is 1. The molecule has 36 heavy (non-hydrogen) atoms. The standard InChI is InChI=1S/C25H22F4N6O/c1-14-31-20(33-18-8-5-7-17(22(18)26)25(27,28)29)12-21(32-14)35-11-10-30-24(36)23(35)16-13-34(2)19-9-4-3-6-15(16)19/h3-9,12-13,23H,10-11H2,1-2H3,(H,30,36)(H,31,32,33). The molecule has 1 atom stereocenters. The number of aryl methyl sites for hydroxylation is 2. The van der Waals surface area contributed by atoms with Crippen LogP contribution in [0.3, 0.4) is 0 Å². The average molecular weight is 498 g/mol. The van der Waals surface area contributed by atoms with Crippen LogP contribution in [-0.4, -0.2) is 33.5 Å². The van der Waals surface area contributed by atoms with Crippen LogP contribution in [0.25, 0.3) is 10.9 Å². The molecule has 0 spiro atoms. The maximum atomic E-state index is 14.6. The van der Waals surface area contributed by atoms with Crippen LogP contribution in [0.2, 0.25) is 0 Å². The topological polar surface area (TPSA) is 75.1 Å². The van der Waals surface area contributed by atoms with Crippen molar-refractivity contribution in [2.24, 2.45) is 7.05 Å². The average Bonchev–Trinajstić information content (AvgIpc) is 3.15. The highest BCUT2D eigenvalue weighted by Crippen LogP contribution is 2.36. The molecule has 1 saturated heterocycles. The van der Waals surface area contributed by atoms with Crippen LogP contribution >= 0.6 is 0 Å². The Morgan fingerprint density at radius 1 is 1.11 bits per heavy atom. The number of hydrogen-bond donors (Lipinski definition) is 2. The van der Waals surface area contributed by atoms with Crippen LogP contribution in [0.1, 0.15) is 23.0 Å². The maximum Gasteiger partial charge on any atom is 0.419 e. The van der Waals surface area contributed by atoms with Gasteiger partial charge in [-0.3, -0.25) is 4.79 Å². The van der Waals surface area contributed by atoms with E-state index in [2.05, 4.69) is 20.6 Å². The number of alkyl halides is 3. The van der Waals surface area contributed by atoms with Gasteiger partial charge in [-0.2, -0.15) is 13.2 Å². The summed E-state index contributed by atoms with van der Waals surface area (Å²) in [5.41, 5.74) is 0.0187. The highest BCUT2D eigenvalue weighted by Gasteiger charge is 2.36. The molecule has 0 saturated carbocycles. The lowest BCUT2D eigenvalue weighted by Crippen LogP contribution is -2.50. The first-order valence-corrected chi connectivity index (χ1v) is 11.2. The van der Waals surface area contributed by atoms with Crippen molar-refractivity contribution < 1.29 is 22.4 Å². The van der Waals surface area contributed by atoms with E-state index >= 15 is 0 Å². The van der Waals surface area contributed by atoms with Crippen molar-refractivity contribution in [3.05, 3.63) is 77.5 Å². The van der Waals surface area contributed by atoms with Gasteiger partial charge in [-0.1, -0.05) is 24.3 Å². The van der Waals surface area contributed by atoms with Crippen molar-refractivity contribution in [2.45, 2.75) is 19.1 Å². The van der Waals surface area contributed by atoms with Crippen LogP contribution in [-0.2, 0) is 18.0 Å². The predicted octanol–water partition coefficient (Wildman–Crippen LogP) is 4.86. The maximum absolute atomic E-state index is 14.6. The molecule has 186 valence electrons. The smallest absolute Gasteiger partial charge is 0.352 e. The molecule has 2 N–H and O–H groups in total. The number of amides is 1. The van der Waals surface area contributed by atoms with Gasteiger partial charge in [-0.25, -0.2) is 14.4 Å². The number of halogens is 4. The molecule has 1 aliphatic rings. The third-order valence-electron chi connectivity index (χ3n) is 6.12. The minimum atomic E-state index is -4.83. The number of para-hydroxylation sites is 1. The summed E-state index contributed by atoms with van der Waals surface area (Å²) in [5.74, 6) is -0.810. The minimum absolute atomic E-state index is 0.110. The van der Waals surface area contributed by atoms with Crippen LogP contribution in [0.4, 0.5) is 34.9 Å². The van der Waals surface area contributed by atoms with Crippen LogP contribution < -0.4 is 15.5 Å². The lowest BCUT2D eigenvalue weighted by atomic mass is 10.0. The van der Waals surface area contributed by atoms with Gasteiger partial charge in [0.1, 0.15) is 23.5 Å². The van der Waals surface area contributed by atoms with E-state index < -0.39 is 23.6 Å². The van der Waals surface area contributed by atoms with E-state index in [0.717, 1.165) is 22.5 Å². The molecule has 1 fully saturated rings. The van der Waals surface area contributed by atoms with Gasteiger partial charge in [0, 0.05) is 48.9 Å². The number of aromatic nitrogens is 3. The molecular weight excluding hydrogens is 476 g/mol. The largest absolute Gasteiger partial charge is 0.419 e. The number of nitrogens with one attached hydrogen (secondary N) is 2. The van der Waals surface area contributed by atoms with Gasteiger partial charge >= 0.3 is 6.18 Å². The Balaban J connectivity index is 1.55. The van der Waals surface area contributed by atoms with Crippen molar-refractivity contribution in [3.8, 4) is 0 Å². The zero-order chi connectivity index (χ0) is 25.6. The molecule has 5 rings (SSSR count). The van der Waals surface area contributed by atoms with Gasteiger partial charge < -0.3 is 20.1 Å². The number of benzene rings is 2. The second kappa shape index (κ2) is 8.81. The summed E-state index contributed by atoms with van der Waals surface area (Å²) in [4.78, 5) is 23.6. The Hall–Kier alpha value is -4.15. The highest BCUT2D eigenvalue weighted by atomic mass is 19.4. The third-order valence-corrected chi connectivity index (χ3v) is 6.12. The number of anilines is 3. The van der Waals surface area contributed by atoms with E-state index in [0.29, 0.717) is 30.8 Å². The van der Waals surface area contributed by atoms with Crippen molar-refractivity contribution >= 4 is 34.1 Å². The van der Waals surface area contributed by atoms with E-state index in [-0.39, 0.29) is 17.4 Å². The Morgan fingerprint density at radius 3 is 2.67 bits per heavy atom. The Morgan fingerprint density at radius 2 is 1.89 bits per heavy atom. The van der Waals surface area contributed by atoms with Gasteiger partial charge in [0.2, 0.25) is 5.91 Å². The highest BCUT2D eigenvalue weighted by molar-refractivity contribution is 5.94. The molecule has 0 bridgehead atoms. The summed E-state index contributed by atoms with van der Waals surface area (Å²) < 4.78 is 56.0. The molecule has 7 nitrogen and oxygen atoms in total. The summed E-state index contributed by atoms with van der Waals surface area (Å²) in [6.45, 7) is 2.44. The summed E-state index contributed by atoms with van der Waals surface area (Å²) in [5, 5.41) is 6.46. The molecule has 11 heteroatoms. The number of piperazine rings is 1. The second-order valence-electron chi connectivity index (χ2n) is 8.55. The molecule has 1 aliphatic heterocycles. The van der Waals surface area contributed by atoms with Crippen LogP contribution in [0.15, 0.2) is 54.7 Å². The molecular formula is C25H22F4N6O. The van der Waals surface area contributed by atoms with Crippen LogP contribution in [0.5, 0.6) is 0 Å². The van der Waals surface area contributed by atoms with E-state index in [1.807, 2.05) is 47.0 Å².